The summed E-state index contributed by atoms with van der Waals surface area (Å²) in [7, 11) is 0. The maximum Gasteiger partial charge on any atom is 0.256 e. The molecule has 0 fully saturated rings. The number of hydrogen-bond donors (Lipinski definition) is 0. The minimum Gasteiger partial charge on any atom is -0.234 e. The van der Waals surface area contributed by atoms with Crippen LogP contribution in [0, 0.1) is 0 Å². The SMILES string of the molecule is CCCCCCCCCCCCCCCCCn1cc[n+](CCCCCCCCCCCCCC)c1CCCCCCCC. The number of hydrogen-bond acceptors (Lipinski definition) is 0. The van der Waals surface area contributed by atoms with Crippen LogP contribution < -0.4 is 4.57 Å². The van der Waals surface area contributed by atoms with Crippen molar-refractivity contribution in [3.63, 3.8) is 0 Å². The highest BCUT2D eigenvalue weighted by Gasteiger charge is 2.16. The lowest BCUT2D eigenvalue weighted by molar-refractivity contribution is -0.704. The Bertz CT molecular complexity index is 677. The van der Waals surface area contributed by atoms with Gasteiger partial charge in [0.15, 0.2) is 0 Å². The summed E-state index contributed by atoms with van der Waals surface area (Å²) in [5.41, 5.74) is 0. The first kappa shape index (κ1) is 41.2. The predicted molar refractivity (Wildman–Crippen MR) is 198 cm³/mol. The standard InChI is InChI=1S/C42H83N2/c1-4-7-10-13-16-18-20-22-23-24-26-28-30-33-36-39-44-41-40-43(42(44)37-34-31-15-12-9-6-3)38-35-32-29-27-25-21-19-17-14-11-8-5-2/h40-41H,4-39H2,1-3H3/q+1. The Morgan fingerprint density at radius 2 is 0.705 bits per heavy atom. The number of rotatable bonds is 36. The Labute approximate surface area is 279 Å². The van der Waals surface area contributed by atoms with Gasteiger partial charge in [0, 0.05) is 6.42 Å². The van der Waals surface area contributed by atoms with Gasteiger partial charge in [0.2, 0.25) is 0 Å². The van der Waals surface area contributed by atoms with Crippen molar-refractivity contribution in [2.75, 3.05) is 0 Å². The van der Waals surface area contributed by atoms with Crippen molar-refractivity contribution in [2.24, 2.45) is 0 Å². The maximum absolute atomic E-state index is 2.63. The molecule has 2 heteroatoms. The minimum atomic E-state index is 1.23. The van der Waals surface area contributed by atoms with Gasteiger partial charge in [-0.15, -0.1) is 0 Å². The lowest BCUT2D eigenvalue weighted by atomic mass is 10.0. The normalized spacial score (nSPS) is 11.6. The van der Waals surface area contributed by atoms with E-state index in [1.54, 1.807) is 5.82 Å². The molecular formula is C42H83N2+. The van der Waals surface area contributed by atoms with Gasteiger partial charge in [0.05, 0.1) is 13.1 Å². The van der Waals surface area contributed by atoms with Crippen LogP contribution in [-0.2, 0) is 19.5 Å². The van der Waals surface area contributed by atoms with E-state index in [0.29, 0.717) is 0 Å². The van der Waals surface area contributed by atoms with Crippen LogP contribution in [0.15, 0.2) is 12.4 Å². The van der Waals surface area contributed by atoms with Crippen molar-refractivity contribution in [2.45, 2.75) is 252 Å². The van der Waals surface area contributed by atoms with Crippen molar-refractivity contribution in [3.05, 3.63) is 18.2 Å². The third-order valence-corrected chi connectivity index (χ3v) is 10.1. The van der Waals surface area contributed by atoms with Gasteiger partial charge >= 0.3 is 0 Å². The van der Waals surface area contributed by atoms with Crippen molar-refractivity contribution in [3.8, 4) is 0 Å². The molecule has 0 saturated heterocycles. The van der Waals surface area contributed by atoms with Crippen molar-refractivity contribution in [1.82, 2.24) is 4.57 Å². The molecule has 0 saturated carbocycles. The molecule has 0 aromatic carbocycles. The van der Waals surface area contributed by atoms with E-state index >= 15 is 0 Å². The summed E-state index contributed by atoms with van der Waals surface area (Å²) >= 11 is 0. The molecule has 260 valence electrons. The molecule has 2 nitrogen and oxygen atoms in total. The molecule has 0 amide bonds. The number of nitrogens with zero attached hydrogens (tertiary/aromatic N) is 2. The molecule has 0 atom stereocenters. The zero-order valence-electron chi connectivity index (χ0n) is 31.0. The van der Waals surface area contributed by atoms with Crippen LogP contribution >= 0.6 is 0 Å². The third kappa shape index (κ3) is 25.4. The summed E-state index contributed by atoms with van der Waals surface area (Å²) in [6, 6.07) is 0. The second-order valence-electron chi connectivity index (χ2n) is 14.5. The number of aryl methyl sites for hydroxylation is 2. The van der Waals surface area contributed by atoms with Crippen LogP contribution in [0.4, 0.5) is 0 Å². The van der Waals surface area contributed by atoms with Crippen LogP contribution in [0.3, 0.4) is 0 Å². The van der Waals surface area contributed by atoms with Crippen LogP contribution in [0.25, 0.3) is 0 Å². The van der Waals surface area contributed by atoms with E-state index in [1.807, 2.05) is 0 Å². The van der Waals surface area contributed by atoms with Crippen LogP contribution in [-0.4, -0.2) is 4.57 Å². The van der Waals surface area contributed by atoms with E-state index in [-0.39, 0.29) is 0 Å². The highest BCUT2D eigenvalue weighted by molar-refractivity contribution is 4.84. The molecule has 1 heterocycles. The molecule has 0 aliphatic rings. The zero-order valence-corrected chi connectivity index (χ0v) is 31.0. The van der Waals surface area contributed by atoms with E-state index in [2.05, 4.69) is 42.3 Å². The molecule has 44 heavy (non-hydrogen) atoms. The number of imidazole rings is 1. The van der Waals surface area contributed by atoms with E-state index in [4.69, 9.17) is 0 Å². The molecule has 0 unspecified atom stereocenters. The first-order chi connectivity index (χ1) is 21.8. The van der Waals surface area contributed by atoms with Gasteiger partial charge in [-0.1, -0.05) is 201 Å². The lowest BCUT2D eigenvalue weighted by Crippen LogP contribution is -2.37. The average Bonchev–Trinajstić information content (AvgIpc) is 3.42. The van der Waals surface area contributed by atoms with Gasteiger partial charge in [0.1, 0.15) is 12.4 Å². The summed E-state index contributed by atoms with van der Waals surface area (Å²) in [6.45, 7) is 9.41. The number of unbranched alkanes of at least 4 members (excludes halogenated alkanes) is 30. The summed E-state index contributed by atoms with van der Waals surface area (Å²) in [6.07, 6.45) is 53.4. The van der Waals surface area contributed by atoms with Gasteiger partial charge in [0.25, 0.3) is 5.82 Å². The first-order valence-electron chi connectivity index (χ1n) is 20.9. The Balaban J connectivity index is 2.20. The van der Waals surface area contributed by atoms with Crippen molar-refractivity contribution < 1.29 is 4.57 Å². The van der Waals surface area contributed by atoms with Gasteiger partial charge in [-0.25, -0.2) is 9.13 Å². The fourth-order valence-corrected chi connectivity index (χ4v) is 7.03. The number of aromatic nitrogens is 2. The van der Waals surface area contributed by atoms with E-state index in [0.717, 1.165) is 0 Å². The minimum absolute atomic E-state index is 1.23. The maximum atomic E-state index is 2.63. The van der Waals surface area contributed by atoms with Gasteiger partial charge < -0.3 is 0 Å². The molecule has 0 radical (unpaired) electrons. The highest BCUT2D eigenvalue weighted by Crippen LogP contribution is 2.15. The zero-order chi connectivity index (χ0) is 31.6. The largest absolute Gasteiger partial charge is 0.256 e. The second kappa shape index (κ2) is 33.6. The Morgan fingerprint density at radius 1 is 0.386 bits per heavy atom. The molecule has 0 aliphatic heterocycles. The monoisotopic (exact) mass is 616 g/mol. The lowest BCUT2D eigenvalue weighted by Gasteiger charge is -2.07. The Hall–Kier alpha value is -0.790. The molecule has 0 N–H and O–H groups in total. The van der Waals surface area contributed by atoms with E-state index in [1.165, 1.54) is 231 Å². The average molecular weight is 616 g/mol. The fourth-order valence-electron chi connectivity index (χ4n) is 7.03. The molecule has 0 spiro atoms. The smallest absolute Gasteiger partial charge is 0.234 e. The van der Waals surface area contributed by atoms with Gasteiger partial charge in [-0.2, -0.15) is 0 Å². The molecule has 1 aromatic heterocycles. The molecule has 1 rings (SSSR count). The topological polar surface area (TPSA) is 8.81 Å². The summed E-state index contributed by atoms with van der Waals surface area (Å²) in [4.78, 5) is 0. The summed E-state index contributed by atoms with van der Waals surface area (Å²) in [5, 5.41) is 0. The second-order valence-corrected chi connectivity index (χ2v) is 14.5. The van der Waals surface area contributed by atoms with Gasteiger partial charge in [-0.05, 0) is 32.1 Å². The van der Waals surface area contributed by atoms with Crippen molar-refractivity contribution in [1.29, 1.82) is 0 Å². The Morgan fingerprint density at radius 3 is 1.09 bits per heavy atom. The predicted octanol–water partition coefficient (Wildman–Crippen LogP) is 14.3. The molecule has 0 aliphatic carbocycles. The van der Waals surface area contributed by atoms with Crippen LogP contribution in [0.5, 0.6) is 0 Å². The quantitative estimate of drug-likeness (QED) is 0.0524. The van der Waals surface area contributed by atoms with E-state index in [9.17, 15) is 0 Å². The third-order valence-electron chi connectivity index (χ3n) is 10.1. The van der Waals surface area contributed by atoms with Crippen LogP contribution in [0.1, 0.15) is 238 Å². The van der Waals surface area contributed by atoms with E-state index < -0.39 is 0 Å². The molecular weight excluding hydrogens is 532 g/mol. The molecule has 1 aromatic rings. The van der Waals surface area contributed by atoms with Crippen molar-refractivity contribution >= 4 is 0 Å². The fraction of sp³-hybridized carbons (Fsp3) is 0.929. The Kier molecular flexibility index (Phi) is 31.5. The van der Waals surface area contributed by atoms with Gasteiger partial charge in [-0.3, -0.25) is 0 Å². The molecule has 0 bridgehead atoms. The summed E-state index contributed by atoms with van der Waals surface area (Å²) in [5.74, 6) is 1.62. The first-order valence-corrected chi connectivity index (χ1v) is 20.9. The highest BCUT2D eigenvalue weighted by atomic mass is 15.1. The van der Waals surface area contributed by atoms with Crippen LogP contribution in [0.2, 0.25) is 0 Å². The summed E-state index contributed by atoms with van der Waals surface area (Å²) < 4.78 is 5.27.